The summed E-state index contributed by atoms with van der Waals surface area (Å²) < 4.78 is 4.78. The minimum atomic E-state index is -1.08. The van der Waals surface area contributed by atoms with E-state index in [1.54, 1.807) is 6.07 Å². The number of benzene rings is 1. The standard InChI is InChI=1S/C8H6O2.C2H4O2.Li/c9-8-7-4-2-1-3-6(7)5-10-8;1-2(3)4;/h1-4H,5H2;1H3,(H,3,4);/q;;+1/p-1. The third-order valence-electron chi connectivity index (χ3n) is 1.60. The molecule has 15 heavy (non-hydrogen) atoms. The number of ether oxygens (including phenoxy) is 1. The average molecular weight is 200 g/mol. The molecule has 0 radical (unpaired) electrons. The van der Waals surface area contributed by atoms with Gasteiger partial charge in [-0.15, -0.1) is 0 Å². The molecule has 4 nitrogen and oxygen atoms in total. The van der Waals surface area contributed by atoms with Gasteiger partial charge in [0.1, 0.15) is 6.61 Å². The normalized spacial score (nSPS) is 11.4. The van der Waals surface area contributed by atoms with Gasteiger partial charge in [-0.05, 0) is 13.0 Å². The molecule has 0 spiro atoms. The number of fused-ring (bicyclic) bond motifs is 1. The van der Waals surface area contributed by atoms with Crippen LogP contribution in [0, 0.1) is 0 Å². The van der Waals surface area contributed by atoms with Crippen molar-refractivity contribution in [2.24, 2.45) is 0 Å². The van der Waals surface area contributed by atoms with E-state index in [0.717, 1.165) is 12.5 Å². The van der Waals surface area contributed by atoms with Gasteiger partial charge in [0.05, 0.1) is 5.56 Å². The van der Waals surface area contributed by atoms with E-state index in [1.165, 1.54) is 0 Å². The molecule has 1 aromatic carbocycles. The fraction of sp³-hybridized carbons (Fsp3) is 0.200. The third kappa shape index (κ3) is 4.20. The van der Waals surface area contributed by atoms with Gasteiger partial charge in [-0.2, -0.15) is 0 Å². The Bertz CT molecular complexity index is 358. The second-order valence-electron chi connectivity index (χ2n) is 2.72. The number of carboxylic acid groups (broad SMARTS) is 1. The van der Waals surface area contributed by atoms with Gasteiger partial charge in [0, 0.05) is 11.5 Å². The van der Waals surface area contributed by atoms with Crippen LogP contribution in [0.4, 0.5) is 0 Å². The molecular formula is C10H9LiO4. The van der Waals surface area contributed by atoms with E-state index in [-0.39, 0.29) is 24.8 Å². The van der Waals surface area contributed by atoms with Gasteiger partial charge in [-0.1, -0.05) is 18.2 Å². The van der Waals surface area contributed by atoms with E-state index in [4.69, 9.17) is 14.6 Å². The maximum Gasteiger partial charge on any atom is 1.00 e. The van der Waals surface area contributed by atoms with Crippen LogP contribution in [0.15, 0.2) is 24.3 Å². The maximum atomic E-state index is 10.8. The zero-order valence-electron chi connectivity index (χ0n) is 8.65. The van der Waals surface area contributed by atoms with Gasteiger partial charge < -0.3 is 14.6 Å². The van der Waals surface area contributed by atoms with E-state index in [9.17, 15) is 4.79 Å². The van der Waals surface area contributed by atoms with Crippen molar-refractivity contribution in [3.8, 4) is 0 Å². The van der Waals surface area contributed by atoms with E-state index in [2.05, 4.69) is 0 Å². The zero-order valence-corrected chi connectivity index (χ0v) is 8.65. The summed E-state index contributed by atoms with van der Waals surface area (Å²) in [4.78, 5) is 19.7. The summed E-state index contributed by atoms with van der Waals surface area (Å²) in [5.74, 6) is -1.28. The summed E-state index contributed by atoms with van der Waals surface area (Å²) in [6.07, 6.45) is 0. The first kappa shape index (κ1) is 13.8. The predicted octanol–water partition coefficient (Wildman–Crippen LogP) is -2.88. The van der Waals surface area contributed by atoms with E-state index in [1.807, 2.05) is 18.2 Å². The van der Waals surface area contributed by atoms with Crippen LogP contribution in [-0.4, -0.2) is 11.9 Å². The average Bonchev–Trinajstić information content (AvgIpc) is 2.48. The number of aliphatic carboxylic acids is 1. The molecule has 0 amide bonds. The molecule has 0 bridgehead atoms. The molecule has 0 fully saturated rings. The van der Waals surface area contributed by atoms with Crippen molar-refractivity contribution in [2.75, 3.05) is 0 Å². The Hall–Kier alpha value is -1.24. The summed E-state index contributed by atoms with van der Waals surface area (Å²) >= 11 is 0. The molecule has 0 saturated carbocycles. The molecule has 0 N–H and O–H groups in total. The van der Waals surface area contributed by atoms with Crippen LogP contribution in [0.3, 0.4) is 0 Å². The van der Waals surface area contributed by atoms with Gasteiger partial charge in [0.2, 0.25) is 0 Å². The largest absolute Gasteiger partial charge is 1.00 e. The molecule has 5 heteroatoms. The molecule has 74 valence electrons. The molecule has 0 aromatic heterocycles. The number of carbonyl (C=O) groups is 2. The van der Waals surface area contributed by atoms with Crippen LogP contribution in [0.25, 0.3) is 0 Å². The van der Waals surface area contributed by atoms with Crippen molar-refractivity contribution in [3.63, 3.8) is 0 Å². The number of carbonyl (C=O) groups excluding carboxylic acids is 2. The monoisotopic (exact) mass is 200 g/mol. The fourth-order valence-electron chi connectivity index (χ4n) is 1.07. The molecule has 1 aliphatic rings. The number of hydrogen-bond acceptors (Lipinski definition) is 4. The summed E-state index contributed by atoms with van der Waals surface area (Å²) in [6, 6.07) is 7.43. The topological polar surface area (TPSA) is 66.4 Å². The number of esters is 1. The molecule has 1 aliphatic heterocycles. The van der Waals surface area contributed by atoms with Crippen LogP contribution in [-0.2, 0) is 16.1 Å². The Balaban J connectivity index is 0.000000346. The smallest absolute Gasteiger partial charge is 0.550 e. The quantitative estimate of drug-likeness (QED) is 0.333. The first-order valence-corrected chi connectivity index (χ1v) is 4.04. The summed E-state index contributed by atoms with van der Waals surface area (Å²) in [7, 11) is 0. The number of rotatable bonds is 0. The van der Waals surface area contributed by atoms with E-state index < -0.39 is 5.97 Å². The van der Waals surface area contributed by atoms with Crippen molar-refractivity contribution in [3.05, 3.63) is 35.4 Å². The van der Waals surface area contributed by atoms with Crippen molar-refractivity contribution < 1.29 is 38.3 Å². The van der Waals surface area contributed by atoms with Gasteiger partial charge in [0.25, 0.3) is 0 Å². The molecule has 0 saturated heterocycles. The molecule has 0 aliphatic carbocycles. The molecule has 0 unspecified atom stereocenters. The van der Waals surface area contributed by atoms with E-state index >= 15 is 0 Å². The Morgan fingerprint density at radius 3 is 2.47 bits per heavy atom. The number of hydrogen-bond donors (Lipinski definition) is 0. The van der Waals surface area contributed by atoms with Crippen LogP contribution in [0.1, 0.15) is 22.8 Å². The van der Waals surface area contributed by atoms with Crippen molar-refractivity contribution in [1.29, 1.82) is 0 Å². The molecular weight excluding hydrogens is 191 g/mol. The maximum absolute atomic E-state index is 10.8. The second kappa shape index (κ2) is 6.28. The van der Waals surface area contributed by atoms with Crippen LogP contribution >= 0.6 is 0 Å². The van der Waals surface area contributed by atoms with Gasteiger partial charge in [-0.3, -0.25) is 0 Å². The second-order valence-corrected chi connectivity index (χ2v) is 2.72. The first-order valence-electron chi connectivity index (χ1n) is 4.04. The van der Waals surface area contributed by atoms with Gasteiger partial charge in [-0.25, -0.2) is 4.79 Å². The van der Waals surface area contributed by atoms with Crippen molar-refractivity contribution in [1.82, 2.24) is 0 Å². The minimum Gasteiger partial charge on any atom is -0.550 e. The number of cyclic esters (lactones) is 1. The van der Waals surface area contributed by atoms with E-state index in [0.29, 0.717) is 12.2 Å². The Morgan fingerprint density at radius 1 is 1.40 bits per heavy atom. The fourth-order valence-corrected chi connectivity index (χ4v) is 1.07. The SMILES string of the molecule is CC(=O)[O-].O=C1OCc2ccccc21.[Li+]. The minimum absolute atomic E-state index is 0. The Kier molecular flexibility index (Phi) is 5.76. The number of carboxylic acids is 1. The van der Waals surface area contributed by atoms with Crippen LogP contribution in [0.2, 0.25) is 0 Å². The summed E-state index contributed by atoms with van der Waals surface area (Å²) in [5.41, 5.74) is 1.70. The van der Waals surface area contributed by atoms with Crippen LogP contribution < -0.4 is 24.0 Å². The first-order chi connectivity index (χ1) is 6.61. The third-order valence-corrected chi connectivity index (χ3v) is 1.60. The van der Waals surface area contributed by atoms with Gasteiger partial charge in [0.15, 0.2) is 0 Å². The van der Waals surface area contributed by atoms with Gasteiger partial charge >= 0.3 is 24.8 Å². The molecule has 1 heterocycles. The molecule has 0 atom stereocenters. The zero-order chi connectivity index (χ0) is 10.6. The predicted molar refractivity (Wildman–Crippen MR) is 46.2 cm³/mol. The molecule has 1 aromatic rings. The summed E-state index contributed by atoms with van der Waals surface area (Å²) in [6.45, 7) is 1.41. The van der Waals surface area contributed by atoms with Crippen molar-refractivity contribution >= 4 is 11.9 Å². The van der Waals surface area contributed by atoms with Crippen molar-refractivity contribution in [2.45, 2.75) is 13.5 Å². The Labute approximate surface area is 99.4 Å². The summed E-state index contributed by atoms with van der Waals surface area (Å²) in [5, 5.41) is 8.89. The molecule has 2 rings (SSSR count). The Morgan fingerprint density at radius 2 is 1.93 bits per heavy atom. The van der Waals surface area contributed by atoms with Crippen LogP contribution in [0.5, 0.6) is 0 Å².